The van der Waals surface area contributed by atoms with Gasteiger partial charge >= 0.3 is 0 Å². The SMILES string of the molecule is Nc1ccc(S(=O)(=O)Nc2ccc3[nH]c4ccccc4c(=O)c3c2)cc1. The van der Waals surface area contributed by atoms with Gasteiger partial charge < -0.3 is 10.7 Å². The molecule has 0 fully saturated rings. The minimum atomic E-state index is -3.77. The van der Waals surface area contributed by atoms with Gasteiger partial charge in [0.15, 0.2) is 5.43 Å². The van der Waals surface area contributed by atoms with E-state index in [9.17, 15) is 13.2 Å². The monoisotopic (exact) mass is 365 g/mol. The van der Waals surface area contributed by atoms with Crippen LogP contribution in [0.4, 0.5) is 11.4 Å². The summed E-state index contributed by atoms with van der Waals surface area (Å²) in [5.74, 6) is 0. The zero-order valence-corrected chi connectivity index (χ0v) is 14.4. The van der Waals surface area contributed by atoms with Gasteiger partial charge in [0, 0.05) is 33.2 Å². The van der Waals surface area contributed by atoms with E-state index >= 15 is 0 Å². The summed E-state index contributed by atoms with van der Waals surface area (Å²) in [4.78, 5) is 16.0. The second-order valence-corrected chi connectivity index (χ2v) is 7.62. The molecule has 1 aromatic heterocycles. The number of fused-ring (bicyclic) bond motifs is 2. The zero-order valence-electron chi connectivity index (χ0n) is 13.6. The Balaban J connectivity index is 1.80. The highest BCUT2D eigenvalue weighted by Gasteiger charge is 2.15. The van der Waals surface area contributed by atoms with Crippen molar-refractivity contribution in [3.05, 3.63) is 77.0 Å². The molecule has 0 bridgehead atoms. The summed E-state index contributed by atoms with van der Waals surface area (Å²) in [6.45, 7) is 0. The van der Waals surface area contributed by atoms with Gasteiger partial charge in [-0.3, -0.25) is 9.52 Å². The summed E-state index contributed by atoms with van der Waals surface area (Å²) < 4.78 is 27.5. The van der Waals surface area contributed by atoms with E-state index < -0.39 is 10.0 Å². The molecular weight excluding hydrogens is 350 g/mol. The highest BCUT2D eigenvalue weighted by molar-refractivity contribution is 7.92. The molecule has 0 amide bonds. The molecule has 7 heteroatoms. The van der Waals surface area contributed by atoms with E-state index in [2.05, 4.69) is 9.71 Å². The third-order valence-corrected chi connectivity index (χ3v) is 5.55. The molecule has 0 radical (unpaired) electrons. The van der Waals surface area contributed by atoms with Gasteiger partial charge in [0.05, 0.1) is 4.90 Å². The van der Waals surface area contributed by atoms with E-state index in [4.69, 9.17) is 5.73 Å². The maximum absolute atomic E-state index is 12.7. The first kappa shape index (κ1) is 16.2. The summed E-state index contributed by atoms with van der Waals surface area (Å²) in [5.41, 5.74) is 7.62. The van der Waals surface area contributed by atoms with Crippen LogP contribution < -0.4 is 15.9 Å². The Kier molecular flexibility index (Phi) is 3.66. The number of nitrogens with two attached hydrogens (primary N) is 1. The Bertz CT molecular complexity index is 1290. The summed E-state index contributed by atoms with van der Waals surface area (Å²) in [6, 6.07) is 17.9. The van der Waals surface area contributed by atoms with Crippen LogP contribution >= 0.6 is 0 Å². The van der Waals surface area contributed by atoms with Crippen molar-refractivity contribution < 1.29 is 8.42 Å². The van der Waals surface area contributed by atoms with Crippen LogP contribution in [0.3, 0.4) is 0 Å². The quantitative estimate of drug-likeness (QED) is 0.383. The molecule has 1 heterocycles. The third-order valence-electron chi connectivity index (χ3n) is 4.15. The highest BCUT2D eigenvalue weighted by atomic mass is 32.2. The number of benzene rings is 3. The average Bonchev–Trinajstić information content (AvgIpc) is 2.63. The van der Waals surface area contributed by atoms with Crippen molar-refractivity contribution in [1.29, 1.82) is 0 Å². The molecule has 26 heavy (non-hydrogen) atoms. The minimum Gasteiger partial charge on any atom is -0.399 e. The van der Waals surface area contributed by atoms with Crippen molar-refractivity contribution in [2.45, 2.75) is 4.90 Å². The number of H-pyrrole nitrogens is 1. The Morgan fingerprint density at radius 1 is 0.846 bits per heavy atom. The molecule has 4 rings (SSSR count). The first-order chi connectivity index (χ1) is 12.4. The van der Waals surface area contributed by atoms with Crippen molar-refractivity contribution in [2.24, 2.45) is 0 Å². The summed E-state index contributed by atoms with van der Waals surface area (Å²) in [5, 5.41) is 0.972. The van der Waals surface area contributed by atoms with Crippen LogP contribution in [-0.2, 0) is 10.0 Å². The molecule has 0 atom stereocenters. The number of hydrogen-bond donors (Lipinski definition) is 3. The number of aromatic amines is 1. The fourth-order valence-corrected chi connectivity index (χ4v) is 3.90. The first-order valence-electron chi connectivity index (χ1n) is 7.87. The van der Waals surface area contributed by atoms with Crippen LogP contribution in [0, 0.1) is 0 Å². The van der Waals surface area contributed by atoms with Crippen molar-refractivity contribution in [3.63, 3.8) is 0 Å². The maximum Gasteiger partial charge on any atom is 0.261 e. The van der Waals surface area contributed by atoms with E-state index in [1.54, 1.807) is 24.3 Å². The third kappa shape index (κ3) is 2.78. The first-order valence-corrected chi connectivity index (χ1v) is 9.35. The van der Waals surface area contributed by atoms with E-state index in [1.165, 1.54) is 30.3 Å². The molecule has 0 spiro atoms. The maximum atomic E-state index is 12.7. The van der Waals surface area contributed by atoms with Gasteiger partial charge in [-0.05, 0) is 54.6 Å². The number of sulfonamides is 1. The molecule has 0 saturated carbocycles. The normalized spacial score (nSPS) is 11.7. The fraction of sp³-hybridized carbons (Fsp3) is 0. The van der Waals surface area contributed by atoms with Crippen LogP contribution in [0.1, 0.15) is 0 Å². The predicted octanol–water partition coefficient (Wildman–Crippen LogP) is 3.06. The molecule has 6 nitrogen and oxygen atoms in total. The molecule has 3 aromatic carbocycles. The van der Waals surface area contributed by atoms with E-state index in [1.807, 2.05) is 12.1 Å². The number of nitrogens with one attached hydrogen (secondary N) is 2. The standard InChI is InChI=1S/C19H15N3O3S/c20-12-5-8-14(9-6-12)26(24,25)22-13-7-10-18-16(11-13)19(23)15-3-1-2-4-17(15)21-18/h1-11,22H,20H2,(H,21,23). The number of anilines is 2. The lowest BCUT2D eigenvalue weighted by molar-refractivity contribution is 0.601. The van der Waals surface area contributed by atoms with Crippen LogP contribution in [0.5, 0.6) is 0 Å². The van der Waals surface area contributed by atoms with Crippen LogP contribution in [0.25, 0.3) is 21.8 Å². The van der Waals surface area contributed by atoms with Gasteiger partial charge in [-0.25, -0.2) is 8.42 Å². The van der Waals surface area contributed by atoms with Crippen LogP contribution in [0.2, 0.25) is 0 Å². The van der Waals surface area contributed by atoms with Gasteiger partial charge in [-0.15, -0.1) is 0 Å². The molecule has 0 saturated heterocycles. The molecule has 4 N–H and O–H groups in total. The number of nitrogen functional groups attached to an aromatic ring is 1. The number of aromatic nitrogens is 1. The number of rotatable bonds is 3. The summed E-state index contributed by atoms with van der Waals surface area (Å²) in [6.07, 6.45) is 0. The molecule has 0 unspecified atom stereocenters. The highest BCUT2D eigenvalue weighted by Crippen LogP contribution is 2.21. The summed E-state index contributed by atoms with van der Waals surface area (Å²) in [7, 11) is -3.77. The second kappa shape index (κ2) is 5.89. The van der Waals surface area contributed by atoms with E-state index in [0.717, 1.165) is 5.52 Å². The lowest BCUT2D eigenvalue weighted by Gasteiger charge is -2.10. The Morgan fingerprint density at radius 3 is 2.31 bits per heavy atom. The molecule has 0 aliphatic carbocycles. The van der Waals surface area contributed by atoms with Gasteiger partial charge in [0.1, 0.15) is 0 Å². The Morgan fingerprint density at radius 2 is 1.54 bits per heavy atom. The van der Waals surface area contributed by atoms with Crippen molar-refractivity contribution in [2.75, 3.05) is 10.5 Å². The fourth-order valence-electron chi connectivity index (χ4n) is 2.85. The summed E-state index contributed by atoms with van der Waals surface area (Å²) >= 11 is 0. The smallest absolute Gasteiger partial charge is 0.261 e. The molecular formula is C19H15N3O3S. The largest absolute Gasteiger partial charge is 0.399 e. The van der Waals surface area contributed by atoms with Gasteiger partial charge in [-0.2, -0.15) is 0 Å². The van der Waals surface area contributed by atoms with Gasteiger partial charge in [0.2, 0.25) is 0 Å². The number of pyridine rings is 1. The zero-order chi connectivity index (χ0) is 18.3. The Labute approximate surface area is 149 Å². The van der Waals surface area contributed by atoms with Crippen LogP contribution in [0.15, 0.2) is 76.4 Å². The minimum absolute atomic E-state index is 0.0965. The lowest BCUT2D eigenvalue weighted by atomic mass is 10.1. The average molecular weight is 365 g/mol. The van der Waals surface area contributed by atoms with E-state index in [-0.39, 0.29) is 10.3 Å². The van der Waals surface area contributed by atoms with Gasteiger partial charge in [-0.1, -0.05) is 12.1 Å². The molecule has 0 aliphatic heterocycles. The van der Waals surface area contributed by atoms with Crippen molar-refractivity contribution in [3.8, 4) is 0 Å². The lowest BCUT2D eigenvalue weighted by Crippen LogP contribution is -2.13. The molecule has 130 valence electrons. The predicted molar refractivity (Wildman–Crippen MR) is 104 cm³/mol. The number of hydrogen-bond acceptors (Lipinski definition) is 4. The van der Waals surface area contributed by atoms with Crippen molar-refractivity contribution in [1.82, 2.24) is 4.98 Å². The second-order valence-electron chi connectivity index (χ2n) is 5.93. The number of para-hydroxylation sites is 1. The topological polar surface area (TPSA) is 105 Å². The van der Waals surface area contributed by atoms with Crippen LogP contribution in [-0.4, -0.2) is 13.4 Å². The van der Waals surface area contributed by atoms with E-state index in [0.29, 0.717) is 27.7 Å². The molecule has 4 aromatic rings. The molecule has 0 aliphatic rings. The van der Waals surface area contributed by atoms with Crippen molar-refractivity contribution >= 4 is 43.2 Å². The Hall–Kier alpha value is -3.32. The van der Waals surface area contributed by atoms with Gasteiger partial charge in [0.25, 0.3) is 10.0 Å².